The molecule has 1 aliphatic heterocycles. The highest BCUT2D eigenvalue weighted by Crippen LogP contribution is 2.30. The molecule has 7 heteroatoms. The molecule has 7 nitrogen and oxygen atoms in total. The summed E-state index contributed by atoms with van der Waals surface area (Å²) in [5, 5.41) is 9.40. The molecule has 2 aromatic heterocycles. The predicted molar refractivity (Wildman–Crippen MR) is 104 cm³/mol. The van der Waals surface area contributed by atoms with Gasteiger partial charge in [-0.05, 0) is 24.5 Å². The maximum atomic E-state index is 12.6. The van der Waals surface area contributed by atoms with Gasteiger partial charge in [-0.15, -0.1) is 0 Å². The van der Waals surface area contributed by atoms with Gasteiger partial charge < -0.3 is 18.6 Å². The lowest BCUT2D eigenvalue weighted by atomic mass is 9.86. The highest BCUT2D eigenvalue weighted by atomic mass is 16.4. The van der Waals surface area contributed by atoms with Gasteiger partial charge >= 0.3 is 0 Å². The van der Waals surface area contributed by atoms with Crippen molar-refractivity contribution in [3.8, 4) is 17.7 Å². The van der Waals surface area contributed by atoms with Crippen LogP contribution in [0.15, 0.2) is 27.2 Å². The standard InChI is InChI=1S/C21H26N4O3/c22-15-17-21(28-20(23-17)18-7-4-14-27-18)25-12-10-24(11-13-25)19(26)9-8-16-5-2-1-3-6-16/h4,7,14,16H,1-3,5-6,8-13H2. The average molecular weight is 382 g/mol. The Morgan fingerprint density at radius 2 is 2.00 bits per heavy atom. The Bertz CT molecular complexity index is 822. The van der Waals surface area contributed by atoms with Crippen LogP contribution in [0.3, 0.4) is 0 Å². The minimum Gasteiger partial charge on any atom is -0.459 e. The van der Waals surface area contributed by atoms with Gasteiger partial charge in [0.1, 0.15) is 6.07 Å². The van der Waals surface area contributed by atoms with Crippen molar-refractivity contribution in [3.63, 3.8) is 0 Å². The summed E-state index contributed by atoms with van der Waals surface area (Å²) >= 11 is 0. The van der Waals surface area contributed by atoms with E-state index in [4.69, 9.17) is 8.83 Å². The fourth-order valence-electron chi connectivity index (χ4n) is 4.23. The summed E-state index contributed by atoms with van der Waals surface area (Å²) < 4.78 is 11.1. The van der Waals surface area contributed by atoms with Crippen LogP contribution in [-0.4, -0.2) is 42.0 Å². The van der Waals surface area contributed by atoms with Crippen molar-refractivity contribution in [1.82, 2.24) is 9.88 Å². The molecule has 1 aliphatic carbocycles. The fraction of sp³-hybridized carbons (Fsp3) is 0.571. The summed E-state index contributed by atoms with van der Waals surface area (Å²) in [6.45, 7) is 2.56. The third kappa shape index (κ3) is 4.06. The summed E-state index contributed by atoms with van der Waals surface area (Å²) in [7, 11) is 0. The van der Waals surface area contributed by atoms with Gasteiger partial charge in [0.15, 0.2) is 5.76 Å². The predicted octanol–water partition coefficient (Wildman–Crippen LogP) is 3.82. The number of aromatic nitrogens is 1. The van der Waals surface area contributed by atoms with Crippen LogP contribution in [0.1, 0.15) is 50.6 Å². The molecule has 2 aliphatic rings. The number of piperazine rings is 1. The Morgan fingerprint density at radius 1 is 1.21 bits per heavy atom. The maximum absolute atomic E-state index is 12.6. The molecule has 148 valence electrons. The van der Waals surface area contributed by atoms with E-state index in [1.165, 1.54) is 32.1 Å². The van der Waals surface area contributed by atoms with Crippen LogP contribution in [0.25, 0.3) is 11.7 Å². The second kappa shape index (κ2) is 8.51. The molecule has 0 N–H and O–H groups in total. The molecule has 1 saturated carbocycles. The van der Waals surface area contributed by atoms with Crippen molar-refractivity contribution >= 4 is 11.8 Å². The highest BCUT2D eigenvalue weighted by molar-refractivity contribution is 5.76. The average Bonchev–Trinajstić information content (AvgIpc) is 3.42. The van der Waals surface area contributed by atoms with Gasteiger partial charge in [0.2, 0.25) is 17.5 Å². The first kappa shape index (κ1) is 18.6. The van der Waals surface area contributed by atoms with E-state index in [2.05, 4.69) is 11.1 Å². The van der Waals surface area contributed by atoms with E-state index in [0.717, 1.165) is 12.3 Å². The van der Waals surface area contributed by atoms with Crippen LogP contribution in [0.4, 0.5) is 5.88 Å². The number of hydrogen-bond acceptors (Lipinski definition) is 6. The Hall–Kier alpha value is -2.75. The molecule has 0 unspecified atom stereocenters. The van der Waals surface area contributed by atoms with Crippen molar-refractivity contribution in [3.05, 3.63) is 24.1 Å². The fourth-order valence-corrected chi connectivity index (χ4v) is 4.23. The Kier molecular flexibility index (Phi) is 5.65. The molecular formula is C21H26N4O3. The van der Waals surface area contributed by atoms with Gasteiger partial charge in [0, 0.05) is 32.6 Å². The van der Waals surface area contributed by atoms with Crippen molar-refractivity contribution in [1.29, 1.82) is 5.26 Å². The molecule has 0 aromatic carbocycles. The zero-order chi connectivity index (χ0) is 19.3. The topological polar surface area (TPSA) is 86.5 Å². The maximum Gasteiger partial charge on any atom is 0.266 e. The minimum atomic E-state index is 0.250. The highest BCUT2D eigenvalue weighted by Gasteiger charge is 2.27. The van der Waals surface area contributed by atoms with Crippen LogP contribution in [0, 0.1) is 17.2 Å². The van der Waals surface area contributed by atoms with Crippen molar-refractivity contribution in [2.45, 2.75) is 44.9 Å². The zero-order valence-corrected chi connectivity index (χ0v) is 16.1. The van der Waals surface area contributed by atoms with Crippen molar-refractivity contribution in [2.24, 2.45) is 5.92 Å². The molecular weight excluding hydrogens is 356 g/mol. The lowest BCUT2D eigenvalue weighted by Gasteiger charge is -2.35. The second-order valence-electron chi connectivity index (χ2n) is 7.67. The molecule has 0 radical (unpaired) electrons. The Labute approximate surface area is 164 Å². The summed E-state index contributed by atoms with van der Waals surface area (Å²) in [6.07, 6.45) is 9.75. The molecule has 0 atom stereocenters. The number of carbonyl (C=O) groups is 1. The lowest BCUT2D eigenvalue weighted by Crippen LogP contribution is -2.49. The third-order valence-electron chi connectivity index (χ3n) is 5.86. The summed E-state index contributed by atoms with van der Waals surface area (Å²) in [5.41, 5.74) is 0.253. The first-order valence-corrected chi connectivity index (χ1v) is 10.2. The monoisotopic (exact) mass is 382 g/mol. The number of nitrogens with zero attached hydrogens (tertiary/aromatic N) is 4. The summed E-state index contributed by atoms with van der Waals surface area (Å²) in [6, 6.07) is 5.60. The number of amides is 1. The number of furan rings is 1. The van der Waals surface area contributed by atoms with E-state index in [0.29, 0.717) is 50.1 Å². The van der Waals surface area contributed by atoms with Gasteiger partial charge in [-0.2, -0.15) is 10.2 Å². The van der Waals surface area contributed by atoms with Crippen molar-refractivity contribution in [2.75, 3.05) is 31.1 Å². The number of hydrogen-bond donors (Lipinski definition) is 0. The first-order valence-electron chi connectivity index (χ1n) is 10.2. The molecule has 1 amide bonds. The molecule has 0 bridgehead atoms. The number of anilines is 1. The molecule has 4 rings (SSSR count). The van der Waals surface area contributed by atoms with E-state index in [9.17, 15) is 10.1 Å². The van der Waals surface area contributed by atoms with Crippen LogP contribution in [-0.2, 0) is 4.79 Å². The van der Waals surface area contributed by atoms with E-state index < -0.39 is 0 Å². The number of oxazole rings is 1. The smallest absolute Gasteiger partial charge is 0.266 e. The van der Waals surface area contributed by atoms with E-state index in [1.807, 2.05) is 9.80 Å². The van der Waals surface area contributed by atoms with Crippen LogP contribution in [0.5, 0.6) is 0 Å². The Balaban J connectivity index is 1.32. The van der Waals surface area contributed by atoms with Crippen molar-refractivity contribution < 1.29 is 13.6 Å². The lowest BCUT2D eigenvalue weighted by molar-refractivity contribution is -0.131. The summed E-state index contributed by atoms with van der Waals surface area (Å²) in [4.78, 5) is 20.7. The normalized spacial score (nSPS) is 18.2. The first-order chi connectivity index (χ1) is 13.7. The molecule has 3 heterocycles. The van der Waals surface area contributed by atoms with Gasteiger partial charge in [-0.3, -0.25) is 4.79 Å². The molecule has 0 spiro atoms. The summed E-state index contributed by atoms with van der Waals surface area (Å²) in [5.74, 6) is 2.25. The van der Waals surface area contributed by atoms with E-state index >= 15 is 0 Å². The minimum absolute atomic E-state index is 0.250. The molecule has 2 fully saturated rings. The Morgan fingerprint density at radius 3 is 2.68 bits per heavy atom. The van der Waals surface area contributed by atoms with Crippen LogP contribution in [0.2, 0.25) is 0 Å². The molecule has 1 saturated heterocycles. The zero-order valence-electron chi connectivity index (χ0n) is 16.1. The van der Waals surface area contributed by atoms with E-state index in [-0.39, 0.29) is 11.6 Å². The largest absolute Gasteiger partial charge is 0.459 e. The number of carbonyl (C=O) groups excluding carboxylic acids is 1. The van der Waals surface area contributed by atoms with Crippen LogP contribution >= 0.6 is 0 Å². The molecule has 2 aromatic rings. The number of nitriles is 1. The van der Waals surface area contributed by atoms with Gasteiger partial charge in [0.25, 0.3) is 5.89 Å². The van der Waals surface area contributed by atoms with E-state index in [1.54, 1.807) is 18.4 Å². The molecule has 28 heavy (non-hydrogen) atoms. The van der Waals surface area contributed by atoms with Crippen LogP contribution < -0.4 is 4.90 Å². The van der Waals surface area contributed by atoms with Gasteiger partial charge in [-0.25, -0.2) is 0 Å². The van der Waals surface area contributed by atoms with Gasteiger partial charge in [0.05, 0.1) is 6.26 Å². The second-order valence-corrected chi connectivity index (χ2v) is 7.67. The van der Waals surface area contributed by atoms with Gasteiger partial charge in [-0.1, -0.05) is 32.1 Å². The quantitative estimate of drug-likeness (QED) is 0.781. The number of rotatable bonds is 5. The third-order valence-corrected chi connectivity index (χ3v) is 5.86. The SMILES string of the molecule is N#Cc1nc(-c2ccco2)oc1N1CCN(C(=O)CCC2CCCCC2)CC1.